The lowest BCUT2D eigenvalue weighted by Gasteiger charge is -2.15. The molecule has 1 amide bonds. The number of hydrogen-bond donors (Lipinski definition) is 0. The molecular formula is C18H19N5O2S. The maximum absolute atomic E-state index is 12.5. The van der Waals surface area contributed by atoms with E-state index in [2.05, 4.69) is 20.1 Å². The van der Waals surface area contributed by atoms with Crippen LogP contribution in [0.4, 0.5) is 0 Å². The molecule has 0 aliphatic carbocycles. The lowest BCUT2D eigenvalue weighted by atomic mass is 9.98. The Balaban J connectivity index is 1.52. The molecule has 1 aliphatic rings. The van der Waals surface area contributed by atoms with Gasteiger partial charge in [0.15, 0.2) is 0 Å². The SMILES string of the molecule is Cc1noc(C)c1-c1nccnc1CC1CCN(C(=O)c2cscn2)C1. The van der Waals surface area contributed by atoms with Gasteiger partial charge in [-0.3, -0.25) is 14.8 Å². The van der Waals surface area contributed by atoms with Crippen LogP contribution in [-0.4, -0.2) is 44.0 Å². The Morgan fingerprint density at radius 2 is 2.15 bits per heavy atom. The highest BCUT2D eigenvalue weighted by atomic mass is 32.1. The molecule has 0 bridgehead atoms. The van der Waals surface area contributed by atoms with E-state index < -0.39 is 0 Å². The summed E-state index contributed by atoms with van der Waals surface area (Å²) in [4.78, 5) is 27.6. The quantitative estimate of drug-likeness (QED) is 0.703. The zero-order chi connectivity index (χ0) is 18.1. The first-order valence-corrected chi connectivity index (χ1v) is 9.48. The van der Waals surface area contributed by atoms with Gasteiger partial charge in [0.25, 0.3) is 5.91 Å². The summed E-state index contributed by atoms with van der Waals surface area (Å²) in [6, 6.07) is 0. The molecule has 1 unspecified atom stereocenters. The molecule has 134 valence electrons. The molecule has 0 N–H and O–H groups in total. The van der Waals surface area contributed by atoms with E-state index in [1.807, 2.05) is 18.7 Å². The molecule has 4 rings (SSSR count). The highest BCUT2D eigenvalue weighted by Crippen LogP contribution is 2.30. The van der Waals surface area contributed by atoms with Gasteiger partial charge in [0, 0.05) is 30.9 Å². The lowest BCUT2D eigenvalue weighted by Crippen LogP contribution is -2.29. The largest absolute Gasteiger partial charge is 0.361 e. The first-order chi connectivity index (χ1) is 12.6. The number of carbonyl (C=O) groups excluding carboxylic acids is 1. The summed E-state index contributed by atoms with van der Waals surface area (Å²) in [5, 5.41) is 5.83. The van der Waals surface area contributed by atoms with E-state index in [9.17, 15) is 4.79 Å². The number of carbonyl (C=O) groups is 1. The molecule has 1 fully saturated rings. The molecular weight excluding hydrogens is 350 g/mol. The van der Waals surface area contributed by atoms with E-state index in [4.69, 9.17) is 4.52 Å². The number of likely N-dealkylation sites (tertiary alicyclic amines) is 1. The Labute approximate surface area is 155 Å². The third kappa shape index (κ3) is 3.12. The molecule has 0 saturated carbocycles. The Bertz CT molecular complexity index is 902. The highest BCUT2D eigenvalue weighted by Gasteiger charge is 2.29. The second-order valence-electron chi connectivity index (χ2n) is 6.53. The Morgan fingerprint density at radius 1 is 1.31 bits per heavy atom. The van der Waals surface area contributed by atoms with Crippen molar-refractivity contribution in [1.29, 1.82) is 0 Å². The predicted octanol–water partition coefficient (Wildman–Crippen LogP) is 2.91. The van der Waals surface area contributed by atoms with Crippen molar-refractivity contribution in [1.82, 2.24) is 25.0 Å². The number of aromatic nitrogens is 4. The fourth-order valence-electron chi connectivity index (χ4n) is 3.48. The minimum Gasteiger partial charge on any atom is -0.361 e. The molecule has 1 aliphatic heterocycles. The smallest absolute Gasteiger partial charge is 0.273 e. The Hall–Kier alpha value is -2.61. The summed E-state index contributed by atoms with van der Waals surface area (Å²) in [5.74, 6) is 1.11. The minimum atomic E-state index is 0.0128. The molecule has 0 spiro atoms. The number of aryl methyl sites for hydroxylation is 2. The van der Waals surface area contributed by atoms with Gasteiger partial charge in [-0.15, -0.1) is 11.3 Å². The topological polar surface area (TPSA) is 85.0 Å². The van der Waals surface area contributed by atoms with Gasteiger partial charge < -0.3 is 9.42 Å². The summed E-state index contributed by atoms with van der Waals surface area (Å²) in [7, 11) is 0. The zero-order valence-corrected chi connectivity index (χ0v) is 15.5. The van der Waals surface area contributed by atoms with Gasteiger partial charge >= 0.3 is 0 Å². The molecule has 7 nitrogen and oxygen atoms in total. The summed E-state index contributed by atoms with van der Waals surface area (Å²) in [6.07, 6.45) is 5.13. The van der Waals surface area contributed by atoms with Crippen LogP contribution in [0.3, 0.4) is 0 Å². The van der Waals surface area contributed by atoms with Gasteiger partial charge in [-0.2, -0.15) is 0 Å². The molecule has 1 atom stereocenters. The molecule has 26 heavy (non-hydrogen) atoms. The van der Waals surface area contributed by atoms with Crippen molar-refractivity contribution in [3.05, 3.63) is 46.1 Å². The van der Waals surface area contributed by atoms with Crippen molar-refractivity contribution in [2.75, 3.05) is 13.1 Å². The summed E-state index contributed by atoms with van der Waals surface area (Å²) in [6.45, 7) is 5.27. The summed E-state index contributed by atoms with van der Waals surface area (Å²) in [5.41, 5.74) is 5.71. The van der Waals surface area contributed by atoms with Crippen molar-refractivity contribution in [2.24, 2.45) is 5.92 Å². The first-order valence-electron chi connectivity index (χ1n) is 8.54. The number of nitrogens with zero attached hydrogens (tertiary/aromatic N) is 5. The second kappa shape index (κ2) is 6.95. The van der Waals surface area contributed by atoms with Gasteiger partial charge in [-0.05, 0) is 32.6 Å². The van der Waals surface area contributed by atoms with E-state index in [-0.39, 0.29) is 5.91 Å². The number of hydrogen-bond acceptors (Lipinski definition) is 7. The standard InChI is InChI=1S/C18H19N5O2S/c1-11-16(12(2)25-22-11)17-14(19-4-5-20-17)7-13-3-6-23(8-13)18(24)15-9-26-10-21-15/h4-5,9-10,13H,3,6-8H2,1-2H3. The van der Waals surface area contributed by atoms with E-state index in [0.717, 1.165) is 47.8 Å². The highest BCUT2D eigenvalue weighted by molar-refractivity contribution is 7.07. The van der Waals surface area contributed by atoms with Crippen molar-refractivity contribution in [3.8, 4) is 11.3 Å². The lowest BCUT2D eigenvalue weighted by molar-refractivity contribution is 0.0782. The van der Waals surface area contributed by atoms with Gasteiger partial charge in [0.05, 0.1) is 28.2 Å². The van der Waals surface area contributed by atoms with Gasteiger partial charge in [0.1, 0.15) is 11.5 Å². The van der Waals surface area contributed by atoms with Crippen LogP contribution in [0, 0.1) is 19.8 Å². The molecule has 4 heterocycles. The molecule has 1 saturated heterocycles. The van der Waals surface area contributed by atoms with E-state index in [1.165, 1.54) is 11.3 Å². The monoisotopic (exact) mass is 369 g/mol. The van der Waals surface area contributed by atoms with Crippen molar-refractivity contribution in [2.45, 2.75) is 26.7 Å². The fourth-order valence-corrected chi connectivity index (χ4v) is 4.01. The number of amides is 1. The fraction of sp³-hybridized carbons (Fsp3) is 0.389. The van der Waals surface area contributed by atoms with E-state index >= 15 is 0 Å². The second-order valence-corrected chi connectivity index (χ2v) is 7.25. The maximum Gasteiger partial charge on any atom is 0.273 e. The van der Waals surface area contributed by atoms with Gasteiger partial charge in [-0.25, -0.2) is 4.98 Å². The molecule has 0 radical (unpaired) electrons. The van der Waals surface area contributed by atoms with Crippen molar-refractivity contribution < 1.29 is 9.32 Å². The van der Waals surface area contributed by atoms with Crippen LogP contribution in [0.25, 0.3) is 11.3 Å². The Morgan fingerprint density at radius 3 is 2.88 bits per heavy atom. The molecule has 3 aromatic heterocycles. The third-order valence-electron chi connectivity index (χ3n) is 4.75. The van der Waals surface area contributed by atoms with Crippen molar-refractivity contribution in [3.63, 3.8) is 0 Å². The molecule has 0 aromatic carbocycles. The number of thiazole rings is 1. The van der Waals surface area contributed by atoms with E-state index in [1.54, 1.807) is 23.3 Å². The third-order valence-corrected chi connectivity index (χ3v) is 5.34. The Kier molecular flexibility index (Phi) is 4.50. The van der Waals surface area contributed by atoms with Crippen molar-refractivity contribution >= 4 is 17.2 Å². The average molecular weight is 369 g/mol. The maximum atomic E-state index is 12.5. The first kappa shape index (κ1) is 16.8. The van der Waals surface area contributed by atoms with Crippen LogP contribution in [0.15, 0.2) is 27.8 Å². The molecule has 8 heteroatoms. The van der Waals surface area contributed by atoms with Gasteiger partial charge in [0.2, 0.25) is 0 Å². The van der Waals surface area contributed by atoms with Crippen LogP contribution in [0.5, 0.6) is 0 Å². The zero-order valence-electron chi connectivity index (χ0n) is 14.7. The predicted molar refractivity (Wildman–Crippen MR) is 96.8 cm³/mol. The van der Waals surface area contributed by atoms with Crippen LogP contribution in [-0.2, 0) is 6.42 Å². The van der Waals surface area contributed by atoms with Crippen LogP contribution < -0.4 is 0 Å². The van der Waals surface area contributed by atoms with Gasteiger partial charge in [-0.1, -0.05) is 5.16 Å². The molecule has 3 aromatic rings. The average Bonchev–Trinajstić information content (AvgIpc) is 3.38. The normalized spacial score (nSPS) is 17.0. The number of rotatable bonds is 4. The summed E-state index contributed by atoms with van der Waals surface area (Å²) >= 11 is 1.44. The van der Waals surface area contributed by atoms with E-state index in [0.29, 0.717) is 18.2 Å². The van der Waals surface area contributed by atoms with Crippen LogP contribution >= 0.6 is 11.3 Å². The summed E-state index contributed by atoms with van der Waals surface area (Å²) < 4.78 is 5.29. The van der Waals surface area contributed by atoms with Crippen LogP contribution in [0.2, 0.25) is 0 Å². The van der Waals surface area contributed by atoms with Crippen LogP contribution in [0.1, 0.15) is 34.1 Å². The minimum absolute atomic E-state index is 0.0128.